The largest absolute Gasteiger partial charge is 0.469 e. The Labute approximate surface area is 106 Å². The van der Waals surface area contributed by atoms with Crippen LogP contribution in [0.3, 0.4) is 0 Å². The zero-order valence-corrected chi connectivity index (χ0v) is 10.8. The van der Waals surface area contributed by atoms with E-state index < -0.39 is 11.3 Å². The normalized spacial score (nSPS) is 10.8. The van der Waals surface area contributed by atoms with Crippen LogP contribution >= 0.6 is 0 Å². The first-order chi connectivity index (χ1) is 8.36. The molecule has 1 aromatic rings. The number of rotatable bonds is 5. The molecule has 0 radical (unpaired) electrons. The van der Waals surface area contributed by atoms with Crippen molar-refractivity contribution in [1.82, 2.24) is 0 Å². The predicted molar refractivity (Wildman–Crippen MR) is 69.2 cm³/mol. The summed E-state index contributed by atoms with van der Waals surface area (Å²) in [5.41, 5.74) is 5.80. The van der Waals surface area contributed by atoms with Gasteiger partial charge < -0.3 is 15.8 Å². The lowest BCUT2D eigenvalue weighted by Crippen LogP contribution is -2.33. The number of nitrogens with two attached hydrogens (primary N) is 1. The first-order valence-corrected chi connectivity index (χ1v) is 5.59. The molecule has 3 N–H and O–H groups in total. The molecule has 0 saturated heterocycles. The standard InChI is InChI=1S/C13H18N2O3/c1-13(2,12(17)18-3)8-15-10-6-4-9(5-7-10)11(14)16/h4-7,15H,8H2,1-3H3,(H2,14,16). The van der Waals surface area contributed by atoms with Crippen LogP contribution in [0, 0.1) is 5.41 Å². The number of hydrogen-bond donors (Lipinski definition) is 2. The lowest BCUT2D eigenvalue weighted by Gasteiger charge is -2.22. The number of benzene rings is 1. The van der Waals surface area contributed by atoms with E-state index >= 15 is 0 Å². The molecule has 0 aliphatic carbocycles. The minimum Gasteiger partial charge on any atom is -0.469 e. The maximum atomic E-state index is 11.5. The molecule has 0 bridgehead atoms. The van der Waals surface area contributed by atoms with Gasteiger partial charge in [-0.1, -0.05) is 0 Å². The second-order valence-corrected chi connectivity index (χ2v) is 4.67. The number of esters is 1. The number of nitrogens with one attached hydrogen (secondary N) is 1. The maximum absolute atomic E-state index is 11.5. The number of amides is 1. The fourth-order valence-corrected chi connectivity index (χ4v) is 1.42. The average molecular weight is 250 g/mol. The van der Waals surface area contributed by atoms with Crippen LogP contribution < -0.4 is 11.1 Å². The third kappa shape index (κ3) is 3.48. The van der Waals surface area contributed by atoms with E-state index in [4.69, 9.17) is 10.5 Å². The fraction of sp³-hybridized carbons (Fsp3) is 0.385. The summed E-state index contributed by atoms with van der Waals surface area (Å²) < 4.78 is 4.71. The van der Waals surface area contributed by atoms with Crippen LogP contribution in [0.4, 0.5) is 5.69 Å². The summed E-state index contributed by atoms with van der Waals surface area (Å²) in [6.45, 7) is 4.03. The lowest BCUT2D eigenvalue weighted by atomic mass is 9.93. The molecular formula is C13H18N2O3. The molecule has 0 saturated carbocycles. The van der Waals surface area contributed by atoms with E-state index in [-0.39, 0.29) is 5.97 Å². The Morgan fingerprint density at radius 3 is 2.28 bits per heavy atom. The summed E-state index contributed by atoms with van der Waals surface area (Å²) in [5.74, 6) is -0.736. The zero-order valence-electron chi connectivity index (χ0n) is 10.8. The predicted octanol–water partition coefficient (Wildman–Crippen LogP) is 1.40. The molecule has 5 heteroatoms. The zero-order chi connectivity index (χ0) is 13.8. The molecule has 5 nitrogen and oxygen atoms in total. The highest BCUT2D eigenvalue weighted by atomic mass is 16.5. The van der Waals surface area contributed by atoms with Gasteiger partial charge in [0.05, 0.1) is 12.5 Å². The number of methoxy groups -OCH3 is 1. The van der Waals surface area contributed by atoms with Crippen molar-refractivity contribution in [2.24, 2.45) is 11.1 Å². The molecule has 18 heavy (non-hydrogen) atoms. The van der Waals surface area contributed by atoms with Gasteiger partial charge in [0.1, 0.15) is 0 Å². The second-order valence-electron chi connectivity index (χ2n) is 4.67. The minimum absolute atomic E-state index is 0.274. The van der Waals surface area contributed by atoms with Crippen molar-refractivity contribution >= 4 is 17.6 Å². The molecule has 0 heterocycles. The number of hydrogen-bond acceptors (Lipinski definition) is 4. The third-order valence-corrected chi connectivity index (χ3v) is 2.64. The van der Waals surface area contributed by atoms with Gasteiger partial charge in [0.25, 0.3) is 0 Å². The number of ether oxygens (including phenoxy) is 1. The summed E-state index contributed by atoms with van der Waals surface area (Å²) in [7, 11) is 1.37. The van der Waals surface area contributed by atoms with Crippen LogP contribution in [0.2, 0.25) is 0 Å². The van der Waals surface area contributed by atoms with Crippen LogP contribution in [0.25, 0.3) is 0 Å². The van der Waals surface area contributed by atoms with Crippen LogP contribution in [0.5, 0.6) is 0 Å². The quantitative estimate of drug-likeness (QED) is 0.774. The molecule has 0 fully saturated rings. The van der Waals surface area contributed by atoms with Crippen molar-refractivity contribution in [1.29, 1.82) is 0 Å². The summed E-state index contributed by atoms with van der Waals surface area (Å²) >= 11 is 0. The Bertz CT molecular complexity index is 438. The number of carbonyl (C=O) groups is 2. The Kier molecular flexibility index (Phi) is 4.31. The molecule has 1 amide bonds. The van der Waals surface area contributed by atoms with E-state index in [0.717, 1.165) is 5.69 Å². The lowest BCUT2D eigenvalue weighted by molar-refractivity contribution is -0.149. The average Bonchev–Trinajstić information content (AvgIpc) is 2.35. The third-order valence-electron chi connectivity index (χ3n) is 2.64. The molecule has 1 aromatic carbocycles. The van der Waals surface area contributed by atoms with E-state index in [2.05, 4.69) is 5.32 Å². The SMILES string of the molecule is COC(=O)C(C)(C)CNc1ccc(C(N)=O)cc1. The smallest absolute Gasteiger partial charge is 0.313 e. The van der Waals surface area contributed by atoms with Gasteiger partial charge >= 0.3 is 5.97 Å². The van der Waals surface area contributed by atoms with Gasteiger partial charge in [-0.2, -0.15) is 0 Å². The van der Waals surface area contributed by atoms with Crippen LogP contribution in [-0.4, -0.2) is 25.5 Å². The van der Waals surface area contributed by atoms with Crippen molar-refractivity contribution in [2.75, 3.05) is 19.0 Å². The van der Waals surface area contributed by atoms with Crippen molar-refractivity contribution < 1.29 is 14.3 Å². The Morgan fingerprint density at radius 2 is 1.83 bits per heavy atom. The molecular weight excluding hydrogens is 232 g/mol. The van der Waals surface area contributed by atoms with Crippen molar-refractivity contribution in [3.8, 4) is 0 Å². The Hall–Kier alpha value is -2.04. The number of anilines is 1. The molecule has 0 aliphatic rings. The van der Waals surface area contributed by atoms with E-state index in [1.165, 1.54) is 7.11 Å². The summed E-state index contributed by atoms with van der Waals surface area (Å²) in [6, 6.07) is 6.76. The van der Waals surface area contributed by atoms with Crippen molar-refractivity contribution in [3.05, 3.63) is 29.8 Å². The highest BCUT2D eigenvalue weighted by Crippen LogP contribution is 2.18. The van der Waals surface area contributed by atoms with Crippen molar-refractivity contribution in [2.45, 2.75) is 13.8 Å². The first kappa shape index (κ1) is 14.0. The molecule has 98 valence electrons. The van der Waals surface area contributed by atoms with Gasteiger partial charge in [0, 0.05) is 17.8 Å². The molecule has 0 spiro atoms. The monoisotopic (exact) mass is 250 g/mol. The van der Waals surface area contributed by atoms with E-state index in [1.807, 2.05) is 0 Å². The first-order valence-electron chi connectivity index (χ1n) is 5.59. The van der Waals surface area contributed by atoms with Gasteiger partial charge in [-0.25, -0.2) is 0 Å². The van der Waals surface area contributed by atoms with Gasteiger partial charge in [0.15, 0.2) is 0 Å². The topological polar surface area (TPSA) is 81.4 Å². The minimum atomic E-state index is -0.614. The summed E-state index contributed by atoms with van der Waals surface area (Å²) in [6.07, 6.45) is 0. The summed E-state index contributed by atoms with van der Waals surface area (Å²) in [4.78, 5) is 22.4. The second kappa shape index (κ2) is 5.53. The van der Waals surface area contributed by atoms with Crippen LogP contribution in [0.15, 0.2) is 24.3 Å². The molecule has 0 aromatic heterocycles. The van der Waals surface area contributed by atoms with Crippen molar-refractivity contribution in [3.63, 3.8) is 0 Å². The van der Waals surface area contributed by atoms with Gasteiger partial charge in [-0.15, -0.1) is 0 Å². The number of carbonyl (C=O) groups excluding carboxylic acids is 2. The highest BCUT2D eigenvalue weighted by molar-refractivity contribution is 5.93. The van der Waals surface area contributed by atoms with Gasteiger partial charge in [0.2, 0.25) is 5.91 Å². The molecule has 0 aliphatic heterocycles. The highest BCUT2D eigenvalue weighted by Gasteiger charge is 2.28. The molecule has 0 unspecified atom stereocenters. The van der Waals surface area contributed by atoms with Gasteiger partial charge in [-0.05, 0) is 38.1 Å². The maximum Gasteiger partial charge on any atom is 0.313 e. The van der Waals surface area contributed by atoms with Gasteiger partial charge in [-0.3, -0.25) is 9.59 Å². The Balaban J connectivity index is 2.64. The molecule has 0 atom stereocenters. The number of primary amides is 1. The van der Waals surface area contributed by atoms with E-state index in [1.54, 1.807) is 38.1 Å². The van der Waals surface area contributed by atoms with Crippen LogP contribution in [0.1, 0.15) is 24.2 Å². The van der Waals surface area contributed by atoms with Crippen LogP contribution in [-0.2, 0) is 9.53 Å². The molecule has 1 rings (SSSR count). The van der Waals surface area contributed by atoms with E-state index in [9.17, 15) is 9.59 Å². The summed E-state index contributed by atoms with van der Waals surface area (Å²) in [5, 5.41) is 3.11. The van der Waals surface area contributed by atoms with E-state index in [0.29, 0.717) is 12.1 Å². The Morgan fingerprint density at radius 1 is 1.28 bits per heavy atom. The fourth-order valence-electron chi connectivity index (χ4n) is 1.42.